The van der Waals surface area contributed by atoms with Crippen molar-refractivity contribution < 1.29 is 19.0 Å². The molecule has 120 valence electrons. The van der Waals surface area contributed by atoms with Crippen LogP contribution in [0.1, 0.15) is 27.7 Å². The van der Waals surface area contributed by atoms with Crippen LogP contribution in [0.4, 0.5) is 4.79 Å². The largest absolute Gasteiger partial charge is 0.444 e. The predicted octanol–water partition coefficient (Wildman–Crippen LogP) is 1.49. The summed E-state index contributed by atoms with van der Waals surface area (Å²) in [6, 6.07) is 0.253. The fourth-order valence-electron chi connectivity index (χ4n) is 1.58. The van der Waals surface area contributed by atoms with Gasteiger partial charge in [0, 0.05) is 39.9 Å². The molecule has 0 saturated heterocycles. The Balaban J connectivity index is 4.23. The van der Waals surface area contributed by atoms with Crippen molar-refractivity contribution in [1.29, 1.82) is 0 Å². The van der Waals surface area contributed by atoms with Crippen LogP contribution in [-0.4, -0.2) is 69.7 Å². The van der Waals surface area contributed by atoms with E-state index in [0.29, 0.717) is 32.8 Å². The molecule has 0 saturated carbocycles. The quantitative estimate of drug-likeness (QED) is 0.697. The van der Waals surface area contributed by atoms with Crippen molar-refractivity contribution >= 4 is 6.09 Å². The molecule has 1 unspecified atom stereocenters. The van der Waals surface area contributed by atoms with Crippen molar-refractivity contribution in [2.75, 3.05) is 47.1 Å². The number of hydrogen-bond donors (Lipinski definition) is 1. The van der Waals surface area contributed by atoms with Crippen LogP contribution in [0.3, 0.4) is 0 Å². The van der Waals surface area contributed by atoms with Crippen LogP contribution < -0.4 is 5.32 Å². The van der Waals surface area contributed by atoms with Crippen molar-refractivity contribution in [1.82, 2.24) is 10.2 Å². The maximum atomic E-state index is 12.1. The molecule has 0 aliphatic rings. The molecule has 6 heteroatoms. The molecule has 0 heterocycles. The van der Waals surface area contributed by atoms with Gasteiger partial charge in [0.15, 0.2) is 0 Å². The number of nitrogens with one attached hydrogen (secondary N) is 1. The molecule has 0 aromatic rings. The van der Waals surface area contributed by atoms with Crippen LogP contribution in [0.5, 0.6) is 0 Å². The van der Waals surface area contributed by atoms with Crippen LogP contribution >= 0.6 is 0 Å². The molecule has 6 nitrogen and oxygen atoms in total. The summed E-state index contributed by atoms with van der Waals surface area (Å²) in [6.45, 7) is 10.5. The minimum atomic E-state index is -0.487. The minimum Gasteiger partial charge on any atom is -0.444 e. The molecule has 1 N–H and O–H groups in total. The molecule has 0 rings (SSSR count). The highest BCUT2D eigenvalue weighted by Crippen LogP contribution is 2.09. The molecule has 0 fully saturated rings. The van der Waals surface area contributed by atoms with E-state index in [0.717, 1.165) is 0 Å². The van der Waals surface area contributed by atoms with Crippen molar-refractivity contribution in [3.8, 4) is 0 Å². The first kappa shape index (κ1) is 19.1. The zero-order valence-corrected chi connectivity index (χ0v) is 13.7. The fraction of sp³-hybridized carbons (Fsp3) is 0.929. The number of carbonyl (C=O) groups excluding carboxylic acids is 1. The maximum absolute atomic E-state index is 12.1. The Bertz CT molecular complexity index is 266. The van der Waals surface area contributed by atoms with Gasteiger partial charge < -0.3 is 24.4 Å². The minimum absolute atomic E-state index is 0.253. The Kier molecular flexibility index (Phi) is 9.54. The summed E-state index contributed by atoms with van der Waals surface area (Å²) in [4.78, 5) is 13.7. The lowest BCUT2D eigenvalue weighted by Gasteiger charge is -2.27. The number of nitrogens with zero attached hydrogens (tertiary/aromatic N) is 1. The van der Waals surface area contributed by atoms with E-state index < -0.39 is 5.60 Å². The van der Waals surface area contributed by atoms with Gasteiger partial charge in [0.1, 0.15) is 5.60 Å². The summed E-state index contributed by atoms with van der Waals surface area (Å²) in [5.74, 6) is 0. The second-order valence-corrected chi connectivity index (χ2v) is 5.77. The Morgan fingerprint density at radius 1 is 1.20 bits per heavy atom. The molecule has 1 amide bonds. The number of rotatable bonds is 9. The Labute approximate surface area is 122 Å². The molecular formula is C14H30N2O4. The van der Waals surface area contributed by atoms with Crippen LogP contribution in [0.15, 0.2) is 0 Å². The molecule has 1 atom stereocenters. The predicted molar refractivity (Wildman–Crippen MR) is 79.0 cm³/mol. The first-order chi connectivity index (χ1) is 9.30. The summed E-state index contributed by atoms with van der Waals surface area (Å²) in [7, 11) is 3.29. The van der Waals surface area contributed by atoms with E-state index in [-0.39, 0.29) is 12.1 Å². The summed E-state index contributed by atoms with van der Waals surface area (Å²) >= 11 is 0. The third-order valence-corrected chi connectivity index (χ3v) is 2.51. The van der Waals surface area contributed by atoms with E-state index in [1.165, 1.54) is 0 Å². The highest BCUT2D eigenvalue weighted by Gasteiger charge is 2.21. The second-order valence-electron chi connectivity index (χ2n) is 5.77. The molecule has 0 spiro atoms. The number of ether oxygens (including phenoxy) is 3. The maximum Gasteiger partial charge on any atom is 0.410 e. The molecule has 0 aliphatic heterocycles. The van der Waals surface area contributed by atoms with Crippen LogP contribution in [0.25, 0.3) is 0 Å². The van der Waals surface area contributed by atoms with Crippen molar-refractivity contribution in [2.24, 2.45) is 0 Å². The zero-order valence-electron chi connectivity index (χ0n) is 13.7. The standard InChI is InChI=1S/C14H30N2O4/c1-12(11-19-6)15-7-8-16(9-10-18-5)13(17)20-14(2,3)4/h12,15H,7-11H2,1-6H3. The Morgan fingerprint density at radius 2 is 1.85 bits per heavy atom. The van der Waals surface area contributed by atoms with Gasteiger partial charge in [0.2, 0.25) is 0 Å². The van der Waals surface area contributed by atoms with E-state index >= 15 is 0 Å². The van der Waals surface area contributed by atoms with Crippen molar-refractivity contribution in [2.45, 2.75) is 39.3 Å². The number of carbonyl (C=O) groups is 1. The normalized spacial score (nSPS) is 13.1. The summed E-state index contributed by atoms with van der Waals surface area (Å²) < 4.78 is 15.5. The first-order valence-electron chi connectivity index (χ1n) is 6.99. The number of amides is 1. The molecule has 0 radical (unpaired) electrons. The highest BCUT2D eigenvalue weighted by atomic mass is 16.6. The third kappa shape index (κ3) is 10.00. The third-order valence-electron chi connectivity index (χ3n) is 2.51. The average molecular weight is 290 g/mol. The van der Waals surface area contributed by atoms with Crippen LogP contribution in [0.2, 0.25) is 0 Å². The summed E-state index contributed by atoms with van der Waals surface area (Å²) in [5.41, 5.74) is -0.487. The van der Waals surface area contributed by atoms with E-state index in [9.17, 15) is 4.79 Å². The van der Waals surface area contributed by atoms with Crippen molar-refractivity contribution in [3.63, 3.8) is 0 Å². The van der Waals surface area contributed by atoms with Gasteiger partial charge >= 0.3 is 6.09 Å². The van der Waals surface area contributed by atoms with E-state index in [1.54, 1.807) is 19.1 Å². The van der Waals surface area contributed by atoms with Gasteiger partial charge in [-0.3, -0.25) is 0 Å². The van der Waals surface area contributed by atoms with Gasteiger partial charge in [-0.1, -0.05) is 0 Å². The van der Waals surface area contributed by atoms with E-state index in [2.05, 4.69) is 5.32 Å². The van der Waals surface area contributed by atoms with E-state index in [1.807, 2.05) is 27.7 Å². The van der Waals surface area contributed by atoms with Crippen LogP contribution in [-0.2, 0) is 14.2 Å². The first-order valence-corrected chi connectivity index (χ1v) is 6.99. The number of hydrogen-bond acceptors (Lipinski definition) is 5. The van der Waals surface area contributed by atoms with Gasteiger partial charge in [0.05, 0.1) is 13.2 Å². The SMILES string of the molecule is COCCN(CCNC(C)COC)C(=O)OC(C)(C)C. The Hall–Kier alpha value is -0.850. The van der Waals surface area contributed by atoms with Gasteiger partial charge in [-0.05, 0) is 27.7 Å². The average Bonchev–Trinajstić information content (AvgIpc) is 2.31. The number of methoxy groups -OCH3 is 2. The van der Waals surface area contributed by atoms with Gasteiger partial charge in [-0.25, -0.2) is 4.79 Å². The second kappa shape index (κ2) is 9.96. The fourth-order valence-corrected chi connectivity index (χ4v) is 1.58. The van der Waals surface area contributed by atoms with Crippen molar-refractivity contribution in [3.05, 3.63) is 0 Å². The molecule has 0 aromatic carbocycles. The van der Waals surface area contributed by atoms with Gasteiger partial charge in [0.25, 0.3) is 0 Å². The molecule has 0 bridgehead atoms. The summed E-state index contributed by atoms with van der Waals surface area (Å²) in [5, 5.41) is 3.29. The molecule has 0 aliphatic carbocycles. The Morgan fingerprint density at radius 3 is 2.35 bits per heavy atom. The lowest BCUT2D eigenvalue weighted by molar-refractivity contribution is 0.0201. The topological polar surface area (TPSA) is 60.0 Å². The van der Waals surface area contributed by atoms with E-state index in [4.69, 9.17) is 14.2 Å². The van der Waals surface area contributed by atoms with Gasteiger partial charge in [-0.15, -0.1) is 0 Å². The zero-order chi connectivity index (χ0) is 15.6. The summed E-state index contributed by atoms with van der Waals surface area (Å²) in [6.07, 6.45) is -0.309. The molecule has 0 aromatic heterocycles. The molecule has 20 heavy (non-hydrogen) atoms. The molecular weight excluding hydrogens is 260 g/mol. The monoisotopic (exact) mass is 290 g/mol. The lowest BCUT2D eigenvalue weighted by Crippen LogP contribution is -2.43. The van der Waals surface area contributed by atoms with Crippen LogP contribution in [0, 0.1) is 0 Å². The van der Waals surface area contributed by atoms with Gasteiger partial charge in [-0.2, -0.15) is 0 Å². The lowest BCUT2D eigenvalue weighted by atomic mass is 10.2. The smallest absolute Gasteiger partial charge is 0.410 e. The highest BCUT2D eigenvalue weighted by molar-refractivity contribution is 5.68.